The van der Waals surface area contributed by atoms with E-state index in [1.807, 2.05) is 0 Å². The summed E-state index contributed by atoms with van der Waals surface area (Å²) in [6, 6.07) is 0. The second-order valence-electron chi connectivity index (χ2n) is 8.30. The summed E-state index contributed by atoms with van der Waals surface area (Å²) in [6.07, 6.45) is 4.51. The van der Waals surface area contributed by atoms with Crippen molar-refractivity contribution in [1.82, 2.24) is 10.9 Å². The van der Waals surface area contributed by atoms with Crippen LogP contribution in [-0.2, 0) is 9.47 Å². The number of nitrogens with one attached hydrogen (secondary N) is 2. The smallest absolute Gasteiger partial charge is 0.380 e. The van der Waals surface area contributed by atoms with Crippen LogP contribution in [0.5, 0.6) is 0 Å². The molecule has 0 radical (unpaired) electrons. The minimum Gasteiger partial charge on any atom is -0.459 e. The molecule has 2 aliphatic carbocycles. The van der Waals surface area contributed by atoms with Gasteiger partial charge in [-0.3, -0.25) is 10.9 Å². The number of hydrogen-bond acceptors (Lipinski definition) is 6. The Hall–Kier alpha value is -3.14. The zero-order chi connectivity index (χ0) is 26.2. The summed E-state index contributed by atoms with van der Waals surface area (Å²) in [5, 5.41) is 6.83. The molecule has 0 spiro atoms. The molecule has 2 aliphatic heterocycles. The van der Waals surface area contributed by atoms with Gasteiger partial charge in [0.05, 0.1) is 34.4 Å². The van der Waals surface area contributed by atoms with Crippen molar-refractivity contribution in [3.63, 3.8) is 0 Å². The number of fused-ring (bicyclic) bond motifs is 4. The average molecular weight is 538 g/mol. The third kappa shape index (κ3) is 3.18. The number of rotatable bonds is 4. The van der Waals surface area contributed by atoms with Gasteiger partial charge in [-0.05, 0) is 50.4 Å². The zero-order valence-electron chi connectivity index (χ0n) is 17.8. The molecule has 0 bridgehead atoms. The largest absolute Gasteiger partial charge is 0.459 e. The first-order valence-electron chi connectivity index (χ1n) is 9.63. The molecule has 2 atom stereocenters. The molecule has 4 aliphatic rings. The van der Waals surface area contributed by atoms with Gasteiger partial charge < -0.3 is 20.9 Å². The Bertz CT molecular complexity index is 1150. The van der Waals surface area contributed by atoms with Crippen LogP contribution in [0, 0.1) is 10.8 Å². The molecule has 188 valence electrons. The average Bonchev–Trinajstić information content (AvgIpc) is 3.26. The van der Waals surface area contributed by atoms with Crippen molar-refractivity contribution in [2.45, 2.75) is 31.6 Å². The molecule has 2 unspecified atom stereocenters. The number of hydrazone groups is 2. The third-order valence-corrected chi connectivity index (χ3v) is 6.36. The molecule has 6 N–H and O–H groups in total. The second-order valence-corrected chi connectivity index (χ2v) is 9.18. The van der Waals surface area contributed by atoms with E-state index in [0.29, 0.717) is 0 Å². The molecule has 0 amide bonds. The molecule has 35 heavy (non-hydrogen) atoms. The molecule has 1 fully saturated rings. The minimum absolute atomic E-state index is 0.208. The van der Waals surface area contributed by atoms with E-state index in [9.17, 15) is 26.3 Å². The Morgan fingerprint density at radius 2 is 1.14 bits per heavy atom. The highest BCUT2D eigenvalue weighted by molar-refractivity contribution is 7.80. The Labute approximate surface area is 204 Å². The number of ether oxygens (including phenoxy) is 2. The fourth-order valence-corrected chi connectivity index (χ4v) is 4.49. The van der Waals surface area contributed by atoms with Crippen LogP contribution in [0.25, 0.3) is 0 Å². The summed E-state index contributed by atoms with van der Waals surface area (Å²) in [5.74, 6) is -18.4. The van der Waals surface area contributed by atoms with Gasteiger partial charge in [-0.1, -0.05) is 0 Å². The van der Waals surface area contributed by atoms with E-state index in [4.69, 9.17) is 20.9 Å². The Morgan fingerprint density at radius 3 is 1.46 bits per heavy atom. The number of allylic oxidation sites excluding steroid dienone is 6. The first kappa shape index (κ1) is 25.0. The predicted molar refractivity (Wildman–Crippen MR) is 120 cm³/mol. The van der Waals surface area contributed by atoms with E-state index in [2.05, 4.69) is 45.5 Å². The van der Waals surface area contributed by atoms with Gasteiger partial charge in [-0.15, -0.1) is 0 Å². The van der Waals surface area contributed by atoms with Crippen LogP contribution in [0.1, 0.15) is 13.8 Å². The standard InChI is InChI=1S/C19H16F6N6O2S2/c1-15-3-7(5-28-30-13(26)34)32-11(15)9-10(18(22,23)19(24,25)17(9,20)21)12-16(15,2)4-8(33-12)6-29-31-14(27)35/h3-6H,1-2H3,(H3,26,30,34)(H3,27,31,35)/b28-5-,29-6+. The zero-order valence-corrected chi connectivity index (χ0v) is 19.4. The fourth-order valence-electron chi connectivity index (χ4n) is 4.38. The molecule has 0 aromatic carbocycles. The highest BCUT2D eigenvalue weighted by Gasteiger charge is 2.85. The molecular weight excluding hydrogens is 522 g/mol. The fraction of sp³-hybridized carbons (Fsp3) is 0.368. The van der Waals surface area contributed by atoms with Crippen molar-refractivity contribution < 1.29 is 35.8 Å². The highest BCUT2D eigenvalue weighted by Crippen LogP contribution is 2.72. The Balaban J connectivity index is 1.95. The van der Waals surface area contributed by atoms with Crippen LogP contribution < -0.4 is 22.3 Å². The Morgan fingerprint density at radius 1 is 0.800 bits per heavy atom. The topological polar surface area (TPSA) is 119 Å². The van der Waals surface area contributed by atoms with Crippen LogP contribution in [0.4, 0.5) is 26.3 Å². The van der Waals surface area contributed by atoms with Gasteiger partial charge >= 0.3 is 17.8 Å². The SMILES string of the molecule is CC12C=C(/C=N\NC(N)=S)OC1=C1C(=C3OC(/C=N/NC(N)=S)=CC32C)C(F)(F)C(F)(F)C1(F)F. The summed E-state index contributed by atoms with van der Waals surface area (Å²) < 4.78 is 99.8. The maximum atomic E-state index is 15.0. The lowest BCUT2D eigenvalue weighted by atomic mass is 9.59. The monoisotopic (exact) mass is 538 g/mol. The van der Waals surface area contributed by atoms with Crippen LogP contribution >= 0.6 is 24.4 Å². The van der Waals surface area contributed by atoms with Gasteiger partial charge in [0, 0.05) is 0 Å². The molecule has 0 aromatic heterocycles. The molecule has 0 saturated heterocycles. The summed E-state index contributed by atoms with van der Waals surface area (Å²) in [7, 11) is 0. The van der Waals surface area contributed by atoms with Crippen molar-refractivity contribution in [1.29, 1.82) is 0 Å². The van der Waals surface area contributed by atoms with Crippen molar-refractivity contribution in [3.8, 4) is 0 Å². The van der Waals surface area contributed by atoms with E-state index < -0.39 is 51.3 Å². The van der Waals surface area contributed by atoms with E-state index in [1.165, 1.54) is 26.0 Å². The summed E-state index contributed by atoms with van der Waals surface area (Å²) in [6.45, 7) is 2.71. The van der Waals surface area contributed by atoms with E-state index in [-0.39, 0.29) is 21.7 Å². The van der Waals surface area contributed by atoms with Gasteiger partial charge in [0.25, 0.3) is 0 Å². The van der Waals surface area contributed by atoms with Crippen molar-refractivity contribution in [3.05, 3.63) is 46.3 Å². The summed E-state index contributed by atoms with van der Waals surface area (Å²) >= 11 is 9.19. The van der Waals surface area contributed by atoms with Gasteiger partial charge in [-0.2, -0.15) is 36.5 Å². The van der Waals surface area contributed by atoms with Crippen molar-refractivity contribution in [2.75, 3.05) is 0 Å². The molecule has 8 nitrogen and oxygen atoms in total. The van der Waals surface area contributed by atoms with Gasteiger partial charge in [0.15, 0.2) is 10.2 Å². The van der Waals surface area contributed by atoms with E-state index in [1.54, 1.807) is 0 Å². The van der Waals surface area contributed by atoms with Crippen LogP contribution in [0.15, 0.2) is 56.5 Å². The van der Waals surface area contributed by atoms with Gasteiger partial charge in [0.1, 0.15) is 23.0 Å². The van der Waals surface area contributed by atoms with Crippen LogP contribution in [-0.4, -0.2) is 40.4 Å². The maximum Gasteiger partial charge on any atom is 0.380 e. The number of halogens is 6. The van der Waals surface area contributed by atoms with E-state index in [0.717, 1.165) is 12.4 Å². The highest BCUT2D eigenvalue weighted by atomic mass is 32.1. The number of nitrogens with two attached hydrogens (primary N) is 2. The summed E-state index contributed by atoms with van der Waals surface area (Å²) in [5.41, 5.74) is 8.26. The van der Waals surface area contributed by atoms with Crippen molar-refractivity contribution in [2.24, 2.45) is 32.5 Å². The quantitative estimate of drug-likeness (QED) is 0.187. The second kappa shape index (κ2) is 7.43. The predicted octanol–water partition coefficient (Wildman–Crippen LogP) is 2.91. The number of hydrogen-bond donors (Lipinski definition) is 4. The molecule has 16 heteroatoms. The Kier molecular flexibility index (Phi) is 5.30. The van der Waals surface area contributed by atoms with Crippen LogP contribution in [0.3, 0.4) is 0 Å². The van der Waals surface area contributed by atoms with Gasteiger partial charge in [0.2, 0.25) is 0 Å². The lowest BCUT2D eigenvalue weighted by Gasteiger charge is -2.43. The minimum atomic E-state index is -5.77. The number of nitrogens with zero attached hydrogens (tertiary/aromatic N) is 2. The number of thiocarbonyl (C=S) groups is 2. The van der Waals surface area contributed by atoms with Crippen molar-refractivity contribution >= 4 is 47.1 Å². The first-order valence-corrected chi connectivity index (χ1v) is 10.4. The first-order chi connectivity index (χ1) is 16.0. The molecular formula is C19H16F6N6O2S2. The lowest BCUT2D eigenvalue weighted by Crippen LogP contribution is -2.47. The number of alkyl halides is 6. The molecule has 1 saturated carbocycles. The lowest BCUT2D eigenvalue weighted by molar-refractivity contribution is -0.258. The maximum absolute atomic E-state index is 15.0. The molecule has 2 heterocycles. The third-order valence-electron chi connectivity index (χ3n) is 6.18. The molecule has 0 aromatic rings. The van der Waals surface area contributed by atoms with Crippen LogP contribution in [0.2, 0.25) is 0 Å². The summed E-state index contributed by atoms with van der Waals surface area (Å²) in [4.78, 5) is 0. The molecule has 4 rings (SSSR count). The van der Waals surface area contributed by atoms with E-state index >= 15 is 0 Å². The van der Waals surface area contributed by atoms with Gasteiger partial charge in [-0.25, -0.2) is 0 Å². The normalized spacial score (nSPS) is 31.4.